The summed E-state index contributed by atoms with van der Waals surface area (Å²) in [7, 11) is 0. The van der Waals surface area contributed by atoms with Gasteiger partial charge in [-0.15, -0.1) is 0 Å². The molecule has 37 heavy (non-hydrogen) atoms. The van der Waals surface area contributed by atoms with Gasteiger partial charge < -0.3 is 15.5 Å². The third kappa shape index (κ3) is 5.73. The van der Waals surface area contributed by atoms with Crippen molar-refractivity contribution >= 4 is 40.0 Å². The molecule has 0 spiro atoms. The highest BCUT2D eigenvalue weighted by Crippen LogP contribution is 2.30. The van der Waals surface area contributed by atoms with Crippen LogP contribution in [-0.4, -0.2) is 65.2 Å². The lowest BCUT2D eigenvalue weighted by molar-refractivity contribution is -0.111. The molecule has 9 heteroatoms. The minimum absolute atomic E-state index is 0.262. The normalized spacial score (nSPS) is 13.9. The zero-order chi connectivity index (χ0) is 25.6. The topological polar surface area (TPSA) is 86.3 Å². The average molecular weight is 498 g/mol. The second-order valence-corrected chi connectivity index (χ2v) is 8.76. The Morgan fingerprint density at radius 2 is 1.84 bits per heavy atom. The molecule has 0 aliphatic carbocycles. The van der Waals surface area contributed by atoms with E-state index in [1.165, 1.54) is 6.08 Å². The van der Waals surface area contributed by atoms with E-state index in [0.717, 1.165) is 59.7 Å². The number of piperazine rings is 1. The minimum Gasteiger partial charge on any atom is -0.354 e. The largest absolute Gasteiger partial charge is 0.354 e. The molecule has 0 bridgehead atoms. The van der Waals surface area contributed by atoms with E-state index in [1.807, 2.05) is 54.6 Å². The van der Waals surface area contributed by atoms with E-state index in [0.29, 0.717) is 18.2 Å². The first-order valence-electron chi connectivity index (χ1n) is 12.2. The van der Waals surface area contributed by atoms with E-state index in [-0.39, 0.29) is 12.6 Å². The molecule has 3 heterocycles. The molecule has 0 saturated carbocycles. The molecule has 5 rings (SSSR count). The van der Waals surface area contributed by atoms with E-state index in [1.54, 1.807) is 12.4 Å². The molecule has 8 nitrogen and oxygen atoms in total. The molecule has 0 unspecified atom stereocenters. The minimum atomic E-state index is -0.308. The third-order valence-corrected chi connectivity index (χ3v) is 6.34. The Morgan fingerprint density at radius 3 is 2.59 bits per heavy atom. The van der Waals surface area contributed by atoms with Crippen LogP contribution in [0.2, 0.25) is 0 Å². The van der Waals surface area contributed by atoms with Gasteiger partial charge in [0, 0.05) is 55.6 Å². The molecular weight excluding hydrogens is 469 g/mol. The van der Waals surface area contributed by atoms with Crippen molar-refractivity contribution in [3.63, 3.8) is 0 Å². The van der Waals surface area contributed by atoms with Crippen LogP contribution in [0.4, 0.5) is 27.5 Å². The number of carbonyl (C=O) groups excluding carboxylic acids is 1. The van der Waals surface area contributed by atoms with Crippen LogP contribution in [0.1, 0.15) is 0 Å². The lowest BCUT2D eigenvalue weighted by Crippen LogP contribution is -2.47. The van der Waals surface area contributed by atoms with Crippen LogP contribution in [0.15, 0.2) is 79.6 Å². The number of carbonyl (C=O) groups is 1. The van der Waals surface area contributed by atoms with E-state index < -0.39 is 0 Å². The molecule has 1 saturated heterocycles. The molecule has 2 aromatic heterocycles. The lowest BCUT2D eigenvalue weighted by atomic mass is 10.0. The smallest absolute Gasteiger partial charge is 0.247 e. The van der Waals surface area contributed by atoms with Gasteiger partial charge in [0.15, 0.2) is 0 Å². The van der Waals surface area contributed by atoms with Gasteiger partial charge in [0.25, 0.3) is 0 Å². The molecular formula is C28H28FN7O. The fraction of sp³-hybridized carbons (Fsp3) is 0.214. The molecule has 0 radical (unpaired) electrons. The number of rotatable bonds is 8. The van der Waals surface area contributed by atoms with E-state index in [9.17, 15) is 9.18 Å². The highest BCUT2D eigenvalue weighted by molar-refractivity contribution is 6.00. The van der Waals surface area contributed by atoms with Crippen LogP contribution in [0.3, 0.4) is 0 Å². The van der Waals surface area contributed by atoms with Gasteiger partial charge in [-0.2, -0.15) is 0 Å². The number of benzene rings is 2. The Balaban J connectivity index is 1.34. The van der Waals surface area contributed by atoms with E-state index in [4.69, 9.17) is 4.98 Å². The highest BCUT2D eigenvalue weighted by atomic mass is 19.1. The number of hydrogen-bond donors (Lipinski definition) is 2. The van der Waals surface area contributed by atoms with E-state index in [2.05, 4.69) is 37.0 Å². The molecule has 2 aromatic carbocycles. The van der Waals surface area contributed by atoms with Gasteiger partial charge in [0.1, 0.15) is 12.5 Å². The maximum absolute atomic E-state index is 12.6. The number of para-hydroxylation sites is 1. The first kappa shape index (κ1) is 24.3. The average Bonchev–Trinajstić information content (AvgIpc) is 2.94. The van der Waals surface area contributed by atoms with Crippen LogP contribution in [0.25, 0.3) is 22.0 Å². The van der Waals surface area contributed by atoms with Gasteiger partial charge in [-0.1, -0.05) is 36.9 Å². The fourth-order valence-corrected chi connectivity index (χ4v) is 4.40. The third-order valence-electron chi connectivity index (χ3n) is 6.34. The zero-order valence-corrected chi connectivity index (χ0v) is 20.4. The van der Waals surface area contributed by atoms with Crippen LogP contribution in [-0.2, 0) is 4.79 Å². The van der Waals surface area contributed by atoms with Gasteiger partial charge in [0.05, 0.1) is 17.4 Å². The maximum atomic E-state index is 12.6. The number of pyridine rings is 1. The summed E-state index contributed by atoms with van der Waals surface area (Å²) in [6, 6.07) is 17.5. The molecule has 1 aliphatic heterocycles. The second-order valence-electron chi connectivity index (χ2n) is 8.76. The summed E-state index contributed by atoms with van der Waals surface area (Å²) in [5, 5.41) is 6.96. The molecule has 1 fully saturated rings. The SMILES string of the molecule is C=CC(=O)Nc1cccc(-c2cccc3cnc(Nc4ccc(N5CCN(CCF)CC5)nc4)nc23)c1. The van der Waals surface area contributed by atoms with Crippen molar-refractivity contribution in [1.82, 2.24) is 19.9 Å². The molecule has 4 aromatic rings. The maximum Gasteiger partial charge on any atom is 0.247 e. The standard InChI is InChI=1S/C28H28FN7O/c1-2-26(37)32-22-7-3-5-20(17-22)24-8-4-6-21-18-31-28(34-27(21)24)33-23-9-10-25(30-19-23)36-15-13-35(12-11-29)14-16-36/h2-10,17-19H,1,11-16H2,(H,32,37)(H,31,33,34). The molecule has 188 valence electrons. The molecule has 2 N–H and O–H groups in total. The summed E-state index contributed by atoms with van der Waals surface area (Å²) in [6.45, 7) is 7.02. The van der Waals surface area contributed by atoms with Crippen molar-refractivity contribution in [3.05, 3.63) is 79.6 Å². The number of hydrogen-bond acceptors (Lipinski definition) is 7. The van der Waals surface area contributed by atoms with Crippen LogP contribution in [0.5, 0.6) is 0 Å². The molecule has 0 atom stereocenters. The van der Waals surface area contributed by atoms with Gasteiger partial charge in [-0.3, -0.25) is 9.69 Å². The van der Waals surface area contributed by atoms with Crippen molar-refractivity contribution in [2.45, 2.75) is 0 Å². The summed E-state index contributed by atoms with van der Waals surface area (Å²) in [6.07, 6.45) is 4.80. The van der Waals surface area contributed by atoms with Crippen molar-refractivity contribution in [1.29, 1.82) is 0 Å². The van der Waals surface area contributed by atoms with Crippen molar-refractivity contribution in [3.8, 4) is 11.1 Å². The van der Waals surface area contributed by atoms with Gasteiger partial charge in [-0.05, 0) is 35.9 Å². The first-order chi connectivity index (χ1) is 18.1. The predicted molar refractivity (Wildman–Crippen MR) is 146 cm³/mol. The first-order valence-corrected chi connectivity index (χ1v) is 12.2. The van der Waals surface area contributed by atoms with Crippen molar-refractivity contribution in [2.24, 2.45) is 0 Å². The number of halogens is 1. The number of fused-ring (bicyclic) bond motifs is 1. The Kier molecular flexibility index (Phi) is 7.32. The summed E-state index contributed by atoms with van der Waals surface area (Å²) in [5.74, 6) is 1.10. The Morgan fingerprint density at radius 1 is 1.00 bits per heavy atom. The summed E-state index contributed by atoms with van der Waals surface area (Å²) in [4.78, 5) is 30.0. The summed E-state index contributed by atoms with van der Waals surface area (Å²) >= 11 is 0. The van der Waals surface area contributed by atoms with Crippen LogP contribution >= 0.6 is 0 Å². The second kappa shape index (κ2) is 11.1. The molecule has 1 amide bonds. The highest BCUT2D eigenvalue weighted by Gasteiger charge is 2.17. The summed E-state index contributed by atoms with van der Waals surface area (Å²) < 4.78 is 12.6. The van der Waals surface area contributed by atoms with Gasteiger partial charge in [-0.25, -0.2) is 19.3 Å². The quantitative estimate of drug-likeness (QED) is 0.343. The fourth-order valence-electron chi connectivity index (χ4n) is 4.40. The Hall–Kier alpha value is -4.37. The van der Waals surface area contributed by atoms with Gasteiger partial charge >= 0.3 is 0 Å². The zero-order valence-electron chi connectivity index (χ0n) is 20.4. The number of nitrogens with one attached hydrogen (secondary N) is 2. The lowest BCUT2D eigenvalue weighted by Gasteiger charge is -2.34. The number of anilines is 4. The predicted octanol–water partition coefficient (Wildman–Crippen LogP) is 4.65. The van der Waals surface area contributed by atoms with Gasteiger partial charge in [0.2, 0.25) is 11.9 Å². The number of alkyl halides is 1. The van der Waals surface area contributed by atoms with Crippen molar-refractivity contribution < 1.29 is 9.18 Å². The summed E-state index contributed by atoms with van der Waals surface area (Å²) in [5.41, 5.74) is 4.11. The van der Waals surface area contributed by atoms with Crippen LogP contribution in [0, 0.1) is 0 Å². The number of amides is 1. The van der Waals surface area contributed by atoms with E-state index >= 15 is 0 Å². The Labute approximate surface area is 214 Å². The van der Waals surface area contributed by atoms with Crippen LogP contribution < -0.4 is 15.5 Å². The Bertz CT molecular complexity index is 1400. The number of aromatic nitrogens is 3. The molecule has 1 aliphatic rings. The number of nitrogens with zero attached hydrogens (tertiary/aromatic N) is 5. The van der Waals surface area contributed by atoms with Crippen molar-refractivity contribution in [2.75, 3.05) is 54.9 Å². The monoisotopic (exact) mass is 497 g/mol.